The summed E-state index contributed by atoms with van der Waals surface area (Å²) in [6.45, 7) is 5.68. The van der Waals surface area contributed by atoms with E-state index in [0.717, 1.165) is 45.8 Å². The van der Waals surface area contributed by atoms with Crippen LogP contribution in [-0.4, -0.2) is 57.4 Å². The third-order valence-electron chi connectivity index (χ3n) is 2.44. The van der Waals surface area contributed by atoms with Crippen molar-refractivity contribution in [3.05, 3.63) is 12.3 Å². The largest absolute Gasteiger partial charge is 0.466 e. The number of hydrogen-bond acceptors (Lipinski definition) is 5. The summed E-state index contributed by atoms with van der Waals surface area (Å²) in [6, 6.07) is 0. The number of esters is 1. The summed E-state index contributed by atoms with van der Waals surface area (Å²) < 4.78 is 9.73. The molecule has 5 nitrogen and oxygen atoms in total. The molecule has 16 heavy (non-hydrogen) atoms. The topological polar surface area (TPSA) is 50.8 Å². The van der Waals surface area contributed by atoms with Crippen molar-refractivity contribution >= 4 is 5.97 Å². The van der Waals surface area contributed by atoms with Gasteiger partial charge in [-0.2, -0.15) is 0 Å². The average Bonchev–Trinajstić information content (AvgIpc) is 2.34. The number of methoxy groups -OCH3 is 1. The molecule has 0 saturated carbocycles. The number of nitrogens with zero attached hydrogens (tertiary/aromatic N) is 1. The average molecular weight is 228 g/mol. The quantitative estimate of drug-likeness (QED) is 0.393. The molecule has 1 saturated heterocycles. The lowest BCUT2D eigenvalue weighted by Gasteiger charge is -2.26. The van der Waals surface area contributed by atoms with E-state index in [2.05, 4.69) is 15.0 Å². The fourth-order valence-electron chi connectivity index (χ4n) is 1.51. The van der Waals surface area contributed by atoms with Crippen molar-refractivity contribution in [1.29, 1.82) is 0 Å². The predicted octanol–water partition coefficient (Wildman–Crippen LogP) is -0.0150. The first-order valence-electron chi connectivity index (χ1n) is 5.61. The Balaban J connectivity index is 1.94. The van der Waals surface area contributed by atoms with Crippen LogP contribution < -0.4 is 5.32 Å². The molecule has 0 aliphatic carbocycles. The van der Waals surface area contributed by atoms with Gasteiger partial charge in [-0.3, -0.25) is 4.90 Å². The standard InChI is InChI=1S/C11H20N2O3/c1-15-11(14)3-5-12-4-2-6-13-7-9-16-10-8-13/h3,5,12H,2,4,6-10H2,1H3/b5-3+. The van der Waals surface area contributed by atoms with Gasteiger partial charge in [0.2, 0.25) is 0 Å². The maximum absolute atomic E-state index is 10.7. The molecular weight excluding hydrogens is 208 g/mol. The smallest absolute Gasteiger partial charge is 0.331 e. The normalized spacial score (nSPS) is 17.6. The van der Waals surface area contributed by atoms with Gasteiger partial charge in [-0.15, -0.1) is 0 Å². The maximum atomic E-state index is 10.7. The molecule has 1 aliphatic heterocycles. The second kappa shape index (κ2) is 8.13. The third kappa shape index (κ3) is 5.72. The van der Waals surface area contributed by atoms with Crippen molar-refractivity contribution in [2.24, 2.45) is 0 Å². The Morgan fingerprint density at radius 3 is 2.94 bits per heavy atom. The van der Waals surface area contributed by atoms with Gasteiger partial charge in [-0.05, 0) is 13.0 Å². The lowest BCUT2D eigenvalue weighted by Crippen LogP contribution is -2.37. The Labute approximate surface area is 96.4 Å². The molecule has 1 aliphatic rings. The zero-order valence-electron chi connectivity index (χ0n) is 9.78. The first-order valence-corrected chi connectivity index (χ1v) is 5.61. The maximum Gasteiger partial charge on any atom is 0.331 e. The first kappa shape index (κ1) is 13.0. The number of morpholine rings is 1. The molecule has 1 fully saturated rings. The molecule has 5 heteroatoms. The lowest BCUT2D eigenvalue weighted by molar-refractivity contribution is -0.134. The fraction of sp³-hybridized carbons (Fsp3) is 0.727. The molecule has 1 N–H and O–H groups in total. The van der Waals surface area contributed by atoms with Gasteiger partial charge in [-0.1, -0.05) is 0 Å². The Morgan fingerprint density at radius 2 is 2.25 bits per heavy atom. The predicted molar refractivity (Wildman–Crippen MR) is 61.0 cm³/mol. The van der Waals surface area contributed by atoms with E-state index in [4.69, 9.17) is 4.74 Å². The van der Waals surface area contributed by atoms with Crippen LogP contribution in [0.15, 0.2) is 12.3 Å². The number of carbonyl (C=O) groups excluding carboxylic acids is 1. The molecular formula is C11H20N2O3. The van der Waals surface area contributed by atoms with E-state index < -0.39 is 0 Å². The van der Waals surface area contributed by atoms with Crippen molar-refractivity contribution in [2.45, 2.75) is 6.42 Å². The van der Waals surface area contributed by atoms with E-state index >= 15 is 0 Å². The Bertz CT molecular complexity index is 225. The van der Waals surface area contributed by atoms with Gasteiger partial charge in [0, 0.05) is 31.9 Å². The van der Waals surface area contributed by atoms with Crippen LogP contribution >= 0.6 is 0 Å². The summed E-state index contributed by atoms with van der Waals surface area (Å²) in [5.41, 5.74) is 0. The molecule has 0 bridgehead atoms. The van der Waals surface area contributed by atoms with Gasteiger partial charge in [0.05, 0.1) is 20.3 Å². The molecule has 1 rings (SSSR count). The summed E-state index contributed by atoms with van der Waals surface area (Å²) >= 11 is 0. The van der Waals surface area contributed by atoms with Crippen LogP contribution in [0.5, 0.6) is 0 Å². The summed E-state index contributed by atoms with van der Waals surface area (Å²) in [5, 5.41) is 3.05. The van der Waals surface area contributed by atoms with E-state index in [1.807, 2.05) is 0 Å². The highest BCUT2D eigenvalue weighted by molar-refractivity contribution is 5.81. The molecule has 0 amide bonds. The van der Waals surface area contributed by atoms with Crippen molar-refractivity contribution in [1.82, 2.24) is 10.2 Å². The van der Waals surface area contributed by atoms with Crippen LogP contribution in [0.1, 0.15) is 6.42 Å². The van der Waals surface area contributed by atoms with Crippen molar-refractivity contribution < 1.29 is 14.3 Å². The van der Waals surface area contributed by atoms with E-state index in [1.165, 1.54) is 13.2 Å². The monoisotopic (exact) mass is 228 g/mol. The summed E-state index contributed by atoms with van der Waals surface area (Å²) in [6.07, 6.45) is 4.07. The van der Waals surface area contributed by atoms with Gasteiger partial charge < -0.3 is 14.8 Å². The van der Waals surface area contributed by atoms with Crippen LogP contribution in [0.3, 0.4) is 0 Å². The molecule has 0 spiro atoms. The highest BCUT2D eigenvalue weighted by Gasteiger charge is 2.08. The number of rotatable bonds is 6. The number of nitrogens with one attached hydrogen (secondary N) is 1. The fourth-order valence-corrected chi connectivity index (χ4v) is 1.51. The molecule has 92 valence electrons. The zero-order valence-corrected chi connectivity index (χ0v) is 9.78. The number of carbonyl (C=O) groups is 1. The van der Waals surface area contributed by atoms with Gasteiger partial charge in [0.25, 0.3) is 0 Å². The highest BCUT2D eigenvalue weighted by atomic mass is 16.5. The van der Waals surface area contributed by atoms with Gasteiger partial charge in [-0.25, -0.2) is 4.79 Å². The van der Waals surface area contributed by atoms with E-state index in [1.54, 1.807) is 6.20 Å². The highest BCUT2D eigenvalue weighted by Crippen LogP contribution is 1.97. The molecule has 0 aromatic heterocycles. The molecule has 0 atom stereocenters. The Morgan fingerprint density at radius 1 is 1.50 bits per heavy atom. The van der Waals surface area contributed by atoms with Crippen LogP contribution in [0.4, 0.5) is 0 Å². The molecule has 0 unspecified atom stereocenters. The van der Waals surface area contributed by atoms with E-state index in [9.17, 15) is 4.79 Å². The van der Waals surface area contributed by atoms with Gasteiger partial charge in [0.1, 0.15) is 0 Å². The van der Waals surface area contributed by atoms with Crippen LogP contribution in [0, 0.1) is 0 Å². The van der Waals surface area contributed by atoms with E-state index in [-0.39, 0.29) is 5.97 Å². The molecule has 0 radical (unpaired) electrons. The summed E-state index contributed by atoms with van der Waals surface area (Å²) in [4.78, 5) is 13.1. The zero-order chi connectivity index (χ0) is 11.6. The molecule has 1 heterocycles. The number of ether oxygens (including phenoxy) is 2. The minimum atomic E-state index is -0.333. The van der Waals surface area contributed by atoms with Crippen molar-refractivity contribution in [3.63, 3.8) is 0 Å². The second-order valence-corrected chi connectivity index (χ2v) is 3.62. The summed E-state index contributed by atoms with van der Waals surface area (Å²) in [5.74, 6) is -0.333. The van der Waals surface area contributed by atoms with Crippen LogP contribution in [0.2, 0.25) is 0 Å². The lowest BCUT2D eigenvalue weighted by atomic mass is 10.3. The SMILES string of the molecule is COC(=O)/C=C/NCCCN1CCOCC1. The third-order valence-corrected chi connectivity index (χ3v) is 2.44. The molecule has 0 aromatic carbocycles. The number of hydrogen-bond donors (Lipinski definition) is 1. The minimum Gasteiger partial charge on any atom is -0.466 e. The minimum absolute atomic E-state index is 0.333. The van der Waals surface area contributed by atoms with E-state index in [0.29, 0.717) is 0 Å². The molecule has 0 aromatic rings. The van der Waals surface area contributed by atoms with Crippen molar-refractivity contribution in [2.75, 3.05) is 46.5 Å². The van der Waals surface area contributed by atoms with Crippen molar-refractivity contribution in [3.8, 4) is 0 Å². The van der Waals surface area contributed by atoms with Crippen LogP contribution in [-0.2, 0) is 14.3 Å². The Kier molecular flexibility index (Phi) is 6.60. The second-order valence-electron chi connectivity index (χ2n) is 3.62. The first-order chi connectivity index (χ1) is 7.83. The summed E-state index contributed by atoms with van der Waals surface area (Å²) in [7, 11) is 1.37. The van der Waals surface area contributed by atoms with Crippen LogP contribution in [0.25, 0.3) is 0 Å². The van der Waals surface area contributed by atoms with Gasteiger partial charge >= 0.3 is 5.97 Å². The van der Waals surface area contributed by atoms with Gasteiger partial charge in [0.15, 0.2) is 0 Å². The Hall–Kier alpha value is -1.07.